The van der Waals surface area contributed by atoms with E-state index >= 15 is 0 Å². The Bertz CT molecular complexity index is 656. The largest absolute Gasteiger partial charge is 0.342 e. The number of thiophene rings is 1. The second kappa shape index (κ2) is 5.52. The summed E-state index contributed by atoms with van der Waals surface area (Å²) in [7, 11) is 0. The first-order chi connectivity index (χ1) is 10.7. The molecule has 0 saturated carbocycles. The second-order valence-corrected chi connectivity index (χ2v) is 7.05. The van der Waals surface area contributed by atoms with Gasteiger partial charge in [-0.2, -0.15) is 21.1 Å². The number of amides is 1. The lowest BCUT2D eigenvalue weighted by atomic mass is 9.79. The molecule has 0 radical (unpaired) electrons. The number of nitrogens with zero attached hydrogens (tertiary/aromatic N) is 3. The van der Waals surface area contributed by atoms with Crippen LogP contribution in [0.15, 0.2) is 29.2 Å². The highest BCUT2D eigenvalue weighted by Crippen LogP contribution is 2.32. The Balaban J connectivity index is 1.48. The monoisotopic (exact) mass is 316 g/mol. The minimum Gasteiger partial charge on any atom is -0.332 e. The Kier molecular flexibility index (Phi) is 3.50. The van der Waals surface area contributed by atoms with Crippen LogP contribution in [-0.4, -0.2) is 45.9 Å². The summed E-state index contributed by atoms with van der Waals surface area (Å²) < 4.78 is 1.43. The summed E-state index contributed by atoms with van der Waals surface area (Å²) in [5.74, 6) is 0.607. The molecule has 0 aliphatic carbocycles. The fourth-order valence-corrected chi connectivity index (χ4v) is 4.43. The first kappa shape index (κ1) is 14.0. The Morgan fingerprint density at radius 2 is 2.18 bits per heavy atom. The van der Waals surface area contributed by atoms with Gasteiger partial charge in [0.1, 0.15) is 0 Å². The number of hydrogen-bond donors (Lipinski definition) is 1. The number of hydrogen-bond acceptors (Lipinski definition) is 4. The van der Waals surface area contributed by atoms with Crippen molar-refractivity contribution in [3.8, 4) is 11.1 Å². The first-order valence-corrected chi connectivity index (χ1v) is 8.79. The molecule has 2 aromatic heterocycles. The molecule has 2 bridgehead atoms. The molecule has 6 heteroatoms. The number of fused-ring (bicyclic) bond motifs is 3. The van der Waals surface area contributed by atoms with E-state index in [0.29, 0.717) is 12.0 Å². The van der Waals surface area contributed by atoms with Crippen LogP contribution in [-0.2, 0) is 0 Å². The highest BCUT2D eigenvalue weighted by molar-refractivity contribution is 7.08. The third-order valence-electron chi connectivity index (χ3n) is 5.11. The van der Waals surface area contributed by atoms with E-state index < -0.39 is 0 Å². The van der Waals surface area contributed by atoms with Crippen molar-refractivity contribution < 1.29 is 4.79 Å². The van der Waals surface area contributed by atoms with E-state index in [1.807, 2.05) is 17.6 Å². The van der Waals surface area contributed by atoms with Gasteiger partial charge in [-0.3, -0.25) is 4.90 Å². The number of rotatable bonds is 2. The third-order valence-corrected chi connectivity index (χ3v) is 5.80. The summed E-state index contributed by atoms with van der Waals surface area (Å²) >= 11 is 1.65. The highest BCUT2D eigenvalue weighted by Gasteiger charge is 2.40. The fourth-order valence-electron chi connectivity index (χ4n) is 3.77. The van der Waals surface area contributed by atoms with Crippen LogP contribution in [0.1, 0.15) is 19.8 Å². The molecule has 2 atom stereocenters. The van der Waals surface area contributed by atoms with Gasteiger partial charge in [-0.15, -0.1) is 0 Å². The van der Waals surface area contributed by atoms with Crippen molar-refractivity contribution in [3.63, 3.8) is 0 Å². The summed E-state index contributed by atoms with van der Waals surface area (Å²) in [4.78, 5) is 15.0. The lowest BCUT2D eigenvalue weighted by Crippen LogP contribution is -2.62. The van der Waals surface area contributed by atoms with Gasteiger partial charge < -0.3 is 5.32 Å². The quantitative estimate of drug-likeness (QED) is 0.926. The van der Waals surface area contributed by atoms with Crippen LogP contribution in [0.3, 0.4) is 0 Å². The fraction of sp³-hybridized carbons (Fsp3) is 0.500. The molecular weight excluding hydrogens is 296 g/mol. The Morgan fingerprint density at radius 3 is 2.86 bits per heavy atom. The van der Waals surface area contributed by atoms with E-state index in [-0.39, 0.29) is 12.1 Å². The SMILES string of the molecule is C[C@H]1[C@H](NC(=O)n2cc(-c3ccsc3)cn2)C2CCN1CC2. The molecule has 2 aromatic rings. The molecule has 0 unspecified atom stereocenters. The van der Waals surface area contributed by atoms with Gasteiger partial charge in [0, 0.05) is 23.8 Å². The lowest BCUT2D eigenvalue weighted by molar-refractivity contribution is 0.0266. The van der Waals surface area contributed by atoms with Crippen LogP contribution in [0.5, 0.6) is 0 Å². The minimum atomic E-state index is -0.118. The normalized spacial score (nSPS) is 30.4. The van der Waals surface area contributed by atoms with E-state index in [2.05, 4.69) is 27.6 Å². The van der Waals surface area contributed by atoms with Crippen LogP contribution in [0.25, 0.3) is 11.1 Å². The molecule has 116 valence electrons. The molecule has 5 heterocycles. The van der Waals surface area contributed by atoms with Gasteiger partial charge in [-0.05, 0) is 61.2 Å². The van der Waals surface area contributed by atoms with Crippen molar-refractivity contribution >= 4 is 17.4 Å². The summed E-state index contributed by atoms with van der Waals surface area (Å²) in [6, 6.07) is 2.58. The van der Waals surface area contributed by atoms with Gasteiger partial charge >= 0.3 is 6.03 Å². The molecule has 3 saturated heterocycles. The summed E-state index contributed by atoms with van der Waals surface area (Å²) in [5.41, 5.74) is 2.10. The van der Waals surface area contributed by atoms with Crippen LogP contribution < -0.4 is 5.32 Å². The van der Waals surface area contributed by atoms with Gasteiger partial charge in [0.25, 0.3) is 0 Å². The van der Waals surface area contributed by atoms with Crippen molar-refractivity contribution in [2.45, 2.75) is 31.8 Å². The van der Waals surface area contributed by atoms with Gasteiger partial charge in [-0.25, -0.2) is 4.79 Å². The van der Waals surface area contributed by atoms with Crippen molar-refractivity contribution in [1.29, 1.82) is 0 Å². The molecule has 22 heavy (non-hydrogen) atoms. The van der Waals surface area contributed by atoms with Crippen molar-refractivity contribution in [3.05, 3.63) is 29.2 Å². The summed E-state index contributed by atoms with van der Waals surface area (Å²) in [6.45, 7) is 4.56. The van der Waals surface area contributed by atoms with E-state index in [0.717, 1.165) is 11.1 Å². The van der Waals surface area contributed by atoms with Crippen molar-refractivity contribution in [2.75, 3.05) is 13.1 Å². The van der Waals surface area contributed by atoms with E-state index in [4.69, 9.17) is 0 Å². The first-order valence-electron chi connectivity index (χ1n) is 7.84. The average Bonchev–Trinajstić information content (AvgIpc) is 3.21. The minimum absolute atomic E-state index is 0.118. The van der Waals surface area contributed by atoms with Crippen molar-refractivity contribution in [2.24, 2.45) is 5.92 Å². The van der Waals surface area contributed by atoms with Gasteiger partial charge in [-0.1, -0.05) is 0 Å². The van der Waals surface area contributed by atoms with Crippen LogP contribution in [0.2, 0.25) is 0 Å². The van der Waals surface area contributed by atoms with E-state index in [1.165, 1.54) is 30.6 Å². The maximum absolute atomic E-state index is 12.5. The molecule has 0 spiro atoms. The van der Waals surface area contributed by atoms with E-state index in [1.54, 1.807) is 17.5 Å². The van der Waals surface area contributed by atoms with Gasteiger partial charge in [0.2, 0.25) is 0 Å². The Hall–Kier alpha value is -1.66. The predicted octanol–water partition coefficient (Wildman–Crippen LogP) is 2.65. The molecule has 1 N–H and O–H groups in total. The molecule has 1 amide bonds. The molecular formula is C16H20N4OS. The number of piperidine rings is 3. The maximum atomic E-state index is 12.5. The smallest absolute Gasteiger partial charge is 0.332 e. The molecule has 5 nitrogen and oxygen atoms in total. The third kappa shape index (κ3) is 2.36. The number of nitrogens with one attached hydrogen (secondary N) is 1. The lowest BCUT2D eigenvalue weighted by Gasteiger charge is -2.49. The number of aromatic nitrogens is 2. The predicted molar refractivity (Wildman–Crippen MR) is 87.0 cm³/mol. The van der Waals surface area contributed by atoms with E-state index in [9.17, 15) is 4.79 Å². The van der Waals surface area contributed by atoms with Crippen molar-refractivity contribution in [1.82, 2.24) is 20.0 Å². The zero-order valence-corrected chi connectivity index (χ0v) is 13.4. The number of carbonyl (C=O) groups is 1. The summed E-state index contributed by atoms with van der Waals surface area (Å²) in [6.07, 6.45) is 5.94. The summed E-state index contributed by atoms with van der Waals surface area (Å²) in [5, 5.41) is 11.5. The molecule has 5 rings (SSSR count). The van der Waals surface area contributed by atoms with Gasteiger partial charge in [0.05, 0.1) is 6.20 Å². The topological polar surface area (TPSA) is 50.2 Å². The zero-order chi connectivity index (χ0) is 15.1. The Labute approximate surface area is 133 Å². The standard InChI is InChI=1S/C16H20N4OS/c1-11-15(12-2-5-19(11)6-3-12)18-16(21)20-9-14(8-17-20)13-4-7-22-10-13/h4,7-12,15H,2-3,5-6H2,1H3,(H,18,21)/t11-,15-/m0/s1. The highest BCUT2D eigenvalue weighted by atomic mass is 32.1. The zero-order valence-electron chi connectivity index (χ0n) is 12.6. The Morgan fingerprint density at radius 1 is 1.36 bits per heavy atom. The maximum Gasteiger partial charge on any atom is 0.342 e. The molecule has 3 aliphatic heterocycles. The number of carbonyl (C=O) groups excluding carboxylic acids is 1. The van der Waals surface area contributed by atoms with Crippen LogP contribution in [0.4, 0.5) is 4.79 Å². The second-order valence-electron chi connectivity index (χ2n) is 6.27. The average molecular weight is 316 g/mol. The molecule has 0 aromatic carbocycles. The molecule has 3 aliphatic rings. The van der Waals surface area contributed by atoms with Gasteiger partial charge in [0.15, 0.2) is 0 Å². The van der Waals surface area contributed by atoms with Crippen LogP contribution in [0, 0.1) is 5.92 Å². The molecule has 3 fully saturated rings. The van der Waals surface area contributed by atoms with Crippen LogP contribution >= 0.6 is 11.3 Å².